The Balaban J connectivity index is 2.70. The molecular weight excluding hydrogens is 268 g/mol. The number of H-pyrrole nitrogens is 1. The van der Waals surface area contributed by atoms with Crippen molar-refractivity contribution in [1.82, 2.24) is 10.3 Å². The second kappa shape index (κ2) is 7.07. The first-order valence-corrected chi connectivity index (χ1v) is 5.73. The molecule has 1 aromatic rings. The van der Waals surface area contributed by atoms with Gasteiger partial charge in [-0.1, -0.05) is 0 Å². The highest BCUT2D eigenvalue weighted by atomic mass is 16.5. The number of aromatic amines is 1. The molecule has 0 aliphatic rings. The lowest BCUT2D eigenvalue weighted by atomic mass is 10.1. The van der Waals surface area contributed by atoms with Crippen LogP contribution in [-0.4, -0.2) is 41.1 Å². The summed E-state index contributed by atoms with van der Waals surface area (Å²) >= 11 is 0. The number of pyridine rings is 1. The fourth-order valence-electron chi connectivity index (χ4n) is 1.45. The summed E-state index contributed by atoms with van der Waals surface area (Å²) in [5.74, 6) is -2.54. The van der Waals surface area contributed by atoms with E-state index in [1.807, 2.05) is 0 Å². The first-order chi connectivity index (χ1) is 9.43. The van der Waals surface area contributed by atoms with Crippen LogP contribution in [0.5, 0.6) is 0 Å². The molecule has 0 saturated carbocycles. The molecule has 0 fully saturated rings. The number of amides is 1. The van der Waals surface area contributed by atoms with Crippen LogP contribution in [0.15, 0.2) is 23.1 Å². The second-order valence-corrected chi connectivity index (χ2v) is 3.92. The van der Waals surface area contributed by atoms with Crippen molar-refractivity contribution in [2.24, 2.45) is 0 Å². The number of rotatable bonds is 6. The Kier molecular flexibility index (Phi) is 5.45. The van der Waals surface area contributed by atoms with E-state index in [4.69, 9.17) is 5.11 Å². The molecule has 0 aliphatic carbocycles. The number of ether oxygens (including phenoxy) is 1. The molecule has 0 aromatic carbocycles. The van der Waals surface area contributed by atoms with E-state index in [2.05, 4.69) is 15.0 Å². The SMILES string of the molecule is COC(=O)CCC(NC(=O)c1cc[nH]c(=O)c1)C(=O)O. The van der Waals surface area contributed by atoms with Crippen LogP contribution in [0.25, 0.3) is 0 Å². The lowest BCUT2D eigenvalue weighted by Gasteiger charge is -2.13. The number of aliphatic carboxylic acids is 1. The summed E-state index contributed by atoms with van der Waals surface area (Å²) in [7, 11) is 1.19. The number of carbonyl (C=O) groups is 3. The molecule has 0 aliphatic heterocycles. The van der Waals surface area contributed by atoms with Crippen LogP contribution in [0.1, 0.15) is 23.2 Å². The summed E-state index contributed by atoms with van der Waals surface area (Å²) in [6.07, 6.45) is 1.04. The quantitative estimate of drug-likeness (QED) is 0.604. The number of hydrogen-bond donors (Lipinski definition) is 3. The minimum Gasteiger partial charge on any atom is -0.480 e. The molecule has 0 radical (unpaired) electrons. The highest BCUT2D eigenvalue weighted by molar-refractivity contribution is 5.96. The number of carboxylic acid groups (broad SMARTS) is 1. The molecule has 1 unspecified atom stereocenters. The molecule has 1 aromatic heterocycles. The van der Waals surface area contributed by atoms with Gasteiger partial charge < -0.3 is 20.1 Å². The number of methoxy groups -OCH3 is 1. The normalized spacial score (nSPS) is 11.4. The molecule has 0 saturated heterocycles. The number of carbonyl (C=O) groups excluding carboxylic acids is 2. The van der Waals surface area contributed by atoms with Crippen molar-refractivity contribution in [2.75, 3.05) is 7.11 Å². The van der Waals surface area contributed by atoms with Gasteiger partial charge >= 0.3 is 11.9 Å². The van der Waals surface area contributed by atoms with Crippen molar-refractivity contribution < 1.29 is 24.2 Å². The zero-order valence-corrected chi connectivity index (χ0v) is 10.7. The lowest BCUT2D eigenvalue weighted by molar-refractivity contribution is -0.142. The fraction of sp³-hybridized carbons (Fsp3) is 0.333. The van der Waals surface area contributed by atoms with Crippen LogP contribution >= 0.6 is 0 Å². The van der Waals surface area contributed by atoms with Gasteiger partial charge in [-0.05, 0) is 12.5 Å². The van der Waals surface area contributed by atoms with Gasteiger partial charge in [0.25, 0.3) is 5.91 Å². The van der Waals surface area contributed by atoms with Crippen molar-refractivity contribution in [3.8, 4) is 0 Å². The molecular formula is C12H14N2O6. The molecule has 20 heavy (non-hydrogen) atoms. The van der Waals surface area contributed by atoms with E-state index in [1.54, 1.807) is 0 Å². The van der Waals surface area contributed by atoms with Gasteiger partial charge in [-0.3, -0.25) is 14.4 Å². The van der Waals surface area contributed by atoms with Crippen LogP contribution in [0.4, 0.5) is 0 Å². The predicted octanol–water partition coefficient (Wildman–Crippen LogP) is -0.489. The van der Waals surface area contributed by atoms with Gasteiger partial charge in [0.15, 0.2) is 0 Å². The van der Waals surface area contributed by atoms with Crippen molar-refractivity contribution in [1.29, 1.82) is 0 Å². The van der Waals surface area contributed by atoms with Crippen LogP contribution in [0.3, 0.4) is 0 Å². The van der Waals surface area contributed by atoms with Crippen LogP contribution in [-0.2, 0) is 14.3 Å². The monoisotopic (exact) mass is 282 g/mol. The van der Waals surface area contributed by atoms with E-state index in [9.17, 15) is 19.2 Å². The van der Waals surface area contributed by atoms with Gasteiger partial charge in [0, 0.05) is 24.2 Å². The Labute approximate surface area is 113 Å². The fourth-order valence-corrected chi connectivity index (χ4v) is 1.45. The molecule has 1 rings (SSSR count). The summed E-state index contributed by atoms with van der Waals surface area (Å²) in [5, 5.41) is 11.2. The summed E-state index contributed by atoms with van der Waals surface area (Å²) < 4.78 is 4.40. The van der Waals surface area contributed by atoms with Crippen LogP contribution in [0.2, 0.25) is 0 Å². The highest BCUT2D eigenvalue weighted by Crippen LogP contribution is 2.02. The summed E-state index contributed by atoms with van der Waals surface area (Å²) in [6, 6.07) is 1.16. The van der Waals surface area contributed by atoms with Crippen molar-refractivity contribution >= 4 is 17.8 Å². The zero-order chi connectivity index (χ0) is 15.1. The predicted molar refractivity (Wildman–Crippen MR) is 67.2 cm³/mol. The van der Waals surface area contributed by atoms with E-state index in [-0.39, 0.29) is 18.4 Å². The maximum Gasteiger partial charge on any atom is 0.326 e. The molecule has 0 bridgehead atoms. The van der Waals surface area contributed by atoms with Gasteiger partial charge in [-0.25, -0.2) is 4.79 Å². The van der Waals surface area contributed by atoms with Crippen LogP contribution in [0, 0.1) is 0 Å². The third kappa shape index (κ3) is 4.56. The summed E-state index contributed by atoms with van der Waals surface area (Å²) in [4.78, 5) is 47.1. The Hall–Kier alpha value is -2.64. The third-order valence-corrected chi connectivity index (χ3v) is 2.51. The third-order valence-electron chi connectivity index (χ3n) is 2.51. The molecule has 8 nitrogen and oxygen atoms in total. The molecule has 8 heteroatoms. The number of carboxylic acids is 1. The van der Waals surface area contributed by atoms with Gasteiger partial charge in [0.2, 0.25) is 5.56 Å². The first kappa shape index (κ1) is 15.4. The topological polar surface area (TPSA) is 126 Å². The smallest absolute Gasteiger partial charge is 0.326 e. The van der Waals surface area contributed by atoms with Crippen molar-refractivity contribution in [3.05, 3.63) is 34.2 Å². The molecule has 108 valence electrons. The summed E-state index contributed by atoms with van der Waals surface area (Å²) in [6.45, 7) is 0. The van der Waals surface area contributed by atoms with E-state index >= 15 is 0 Å². The Morgan fingerprint density at radius 2 is 2.15 bits per heavy atom. The summed E-state index contributed by atoms with van der Waals surface area (Å²) in [5.41, 5.74) is -0.433. The van der Waals surface area contributed by atoms with Gasteiger partial charge in [-0.15, -0.1) is 0 Å². The minimum atomic E-state index is -1.27. The lowest BCUT2D eigenvalue weighted by Crippen LogP contribution is -2.41. The van der Waals surface area contributed by atoms with Gasteiger partial charge in [-0.2, -0.15) is 0 Å². The Morgan fingerprint density at radius 1 is 1.45 bits per heavy atom. The standard InChI is InChI=1S/C12H14N2O6/c1-20-10(16)3-2-8(12(18)19)14-11(17)7-4-5-13-9(15)6-7/h4-6,8H,2-3H2,1H3,(H,13,15)(H,14,17)(H,18,19). The molecule has 1 heterocycles. The largest absolute Gasteiger partial charge is 0.480 e. The first-order valence-electron chi connectivity index (χ1n) is 5.73. The van der Waals surface area contributed by atoms with Crippen molar-refractivity contribution in [2.45, 2.75) is 18.9 Å². The average Bonchev–Trinajstić information content (AvgIpc) is 2.42. The highest BCUT2D eigenvalue weighted by Gasteiger charge is 2.21. The molecule has 3 N–H and O–H groups in total. The zero-order valence-electron chi connectivity index (χ0n) is 10.7. The molecule has 0 spiro atoms. The van der Waals surface area contributed by atoms with Gasteiger partial charge in [0.05, 0.1) is 7.11 Å². The second-order valence-electron chi connectivity index (χ2n) is 3.92. The van der Waals surface area contributed by atoms with Crippen LogP contribution < -0.4 is 10.9 Å². The van der Waals surface area contributed by atoms with E-state index in [0.29, 0.717) is 0 Å². The maximum absolute atomic E-state index is 11.8. The Bertz CT molecular complexity index is 565. The van der Waals surface area contributed by atoms with E-state index in [0.717, 1.165) is 6.07 Å². The van der Waals surface area contributed by atoms with E-state index < -0.39 is 29.4 Å². The van der Waals surface area contributed by atoms with Gasteiger partial charge in [0.1, 0.15) is 6.04 Å². The number of aromatic nitrogens is 1. The van der Waals surface area contributed by atoms with E-state index in [1.165, 1.54) is 19.4 Å². The number of esters is 1. The molecule has 1 amide bonds. The minimum absolute atomic E-state index is 0.0399. The van der Waals surface area contributed by atoms with Crippen molar-refractivity contribution in [3.63, 3.8) is 0 Å². The Morgan fingerprint density at radius 3 is 2.70 bits per heavy atom. The molecule has 1 atom stereocenters. The average molecular weight is 282 g/mol. The maximum atomic E-state index is 11.8. The number of hydrogen-bond acceptors (Lipinski definition) is 5. The number of nitrogens with one attached hydrogen (secondary N) is 2.